The summed E-state index contributed by atoms with van der Waals surface area (Å²) >= 11 is 0. The molecule has 1 heterocycles. The minimum Gasteiger partial charge on any atom is -0.454 e. The molecule has 0 saturated heterocycles. The summed E-state index contributed by atoms with van der Waals surface area (Å²) < 4.78 is 6.55. The van der Waals surface area contributed by atoms with Crippen molar-refractivity contribution in [1.82, 2.24) is 0 Å². The predicted octanol–water partition coefficient (Wildman–Crippen LogP) is 7.32. The third-order valence-corrected chi connectivity index (χ3v) is 6.11. The average Bonchev–Trinajstić information content (AvgIpc) is 3.35. The summed E-state index contributed by atoms with van der Waals surface area (Å²) in [4.78, 5) is 2.22. The summed E-state index contributed by atoms with van der Waals surface area (Å²) in [6, 6.07) is 21.8. The van der Waals surface area contributed by atoms with E-state index < -0.39 is 0 Å². The SMILES string of the molecule is Cc1ccc(N(C)c2cccc3c2oc2c(C4CCCC4)cccc23)cc1. The highest BCUT2D eigenvalue weighted by atomic mass is 16.3. The summed E-state index contributed by atoms with van der Waals surface area (Å²) in [7, 11) is 2.12. The number of benzene rings is 3. The highest BCUT2D eigenvalue weighted by Crippen LogP contribution is 2.43. The van der Waals surface area contributed by atoms with Crippen LogP contribution in [0.15, 0.2) is 65.1 Å². The number of para-hydroxylation sites is 2. The minimum atomic E-state index is 0.646. The Bertz CT molecular complexity index is 1100. The van der Waals surface area contributed by atoms with Crippen molar-refractivity contribution >= 4 is 33.3 Å². The fourth-order valence-electron chi connectivity index (χ4n) is 4.56. The van der Waals surface area contributed by atoms with Crippen LogP contribution in [-0.4, -0.2) is 7.05 Å². The fourth-order valence-corrected chi connectivity index (χ4v) is 4.56. The van der Waals surface area contributed by atoms with Crippen LogP contribution in [0.2, 0.25) is 0 Å². The Morgan fingerprint density at radius 3 is 2.22 bits per heavy atom. The molecule has 0 radical (unpaired) electrons. The third-order valence-electron chi connectivity index (χ3n) is 6.11. The highest BCUT2D eigenvalue weighted by molar-refractivity contribution is 6.10. The second-order valence-electron chi connectivity index (χ2n) is 7.86. The van der Waals surface area contributed by atoms with Gasteiger partial charge in [0.2, 0.25) is 0 Å². The molecule has 0 amide bonds. The van der Waals surface area contributed by atoms with Gasteiger partial charge in [-0.2, -0.15) is 0 Å². The number of nitrogens with zero attached hydrogens (tertiary/aromatic N) is 1. The second kappa shape index (κ2) is 6.45. The first-order valence-electron chi connectivity index (χ1n) is 9.97. The van der Waals surface area contributed by atoms with Crippen molar-refractivity contribution in [2.75, 3.05) is 11.9 Å². The molecule has 0 atom stereocenters. The van der Waals surface area contributed by atoms with Crippen LogP contribution in [-0.2, 0) is 0 Å². The first kappa shape index (κ1) is 16.4. The van der Waals surface area contributed by atoms with E-state index in [0.717, 1.165) is 16.9 Å². The zero-order valence-electron chi connectivity index (χ0n) is 16.0. The van der Waals surface area contributed by atoms with Crippen molar-refractivity contribution in [2.24, 2.45) is 0 Å². The average molecular weight is 355 g/mol. The minimum absolute atomic E-state index is 0.646. The molecule has 1 aliphatic rings. The van der Waals surface area contributed by atoms with Gasteiger partial charge in [0.1, 0.15) is 5.58 Å². The van der Waals surface area contributed by atoms with E-state index >= 15 is 0 Å². The largest absolute Gasteiger partial charge is 0.454 e. The Labute approximate surface area is 160 Å². The molecule has 4 aromatic rings. The molecule has 0 aliphatic heterocycles. The van der Waals surface area contributed by atoms with Crippen molar-refractivity contribution in [3.8, 4) is 0 Å². The Morgan fingerprint density at radius 1 is 0.815 bits per heavy atom. The topological polar surface area (TPSA) is 16.4 Å². The van der Waals surface area contributed by atoms with Crippen LogP contribution in [0.5, 0.6) is 0 Å². The Balaban J connectivity index is 1.69. The van der Waals surface area contributed by atoms with Gasteiger partial charge in [0, 0.05) is 23.5 Å². The number of hydrogen-bond donors (Lipinski definition) is 0. The molecule has 0 unspecified atom stereocenters. The standard InChI is InChI=1S/C25H25NO/c1-17-13-15-19(16-14-17)26(2)23-12-6-11-22-21-10-5-9-20(18-7-3-4-8-18)24(21)27-25(22)23/h5-6,9-16,18H,3-4,7-8H2,1-2H3. The van der Waals surface area contributed by atoms with E-state index in [4.69, 9.17) is 4.42 Å². The quantitative estimate of drug-likeness (QED) is 0.383. The van der Waals surface area contributed by atoms with Crippen LogP contribution >= 0.6 is 0 Å². The molecule has 136 valence electrons. The van der Waals surface area contributed by atoms with Crippen LogP contribution < -0.4 is 4.90 Å². The van der Waals surface area contributed by atoms with E-state index in [1.165, 1.54) is 53.3 Å². The van der Waals surface area contributed by atoms with Gasteiger partial charge in [-0.25, -0.2) is 0 Å². The number of aryl methyl sites for hydroxylation is 1. The number of furan rings is 1. The first-order chi connectivity index (χ1) is 13.2. The monoisotopic (exact) mass is 355 g/mol. The summed E-state index contributed by atoms with van der Waals surface area (Å²) in [6.45, 7) is 2.12. The lowest BCUT2D eigenvalue weighted by molar-refractivity contribution is 0.643. The predicted molar refractivity (Wildman–Crippen MR) is 114 cm³/mol. The molecule has 3 aromatic carbocycles. The van der Waals surface area contributed by atoms with Gasteiger partial charge in [-0.1, -0.05) is 60.9 Å². The zero-order chi connectivity index (χ0) is 18.4. The van der Waals surface area contributed by atoms with Crippen molar-refractivity contribution < 1.29 is 4.42 Å². The fraction of sp³-hybridized carbons (Fsp3) is 0.280. The second-order valence-corrected chi connectivity index (χ2v) is 7.86. The van der Waals surface area contributed by atoms with Crippen LogP contribution in [0.4, 0.5) is 11.4 Å². The lowest BCUT2D eigenvalue weighted by Crippen LogP contribution is -2.09. The van der Waals surface area contributed by atoms with E-state index in [1.807, 2.05) is 0 Å². The number of rotatable bonds is 3. The van der Waals surface area contributed by atoms with Crippen molar-refractivity contribution in [3.63, 3.8) is 0 Å². The van der Waals surface area contributed by atoms with Gasteiger partial charge in [0.15, 0.2) is 5.58 Å². The number of hydrogen-bond acceptors (Lipinski definition) is 2. The van der Waals surface area contributed by atoms with Crippen LogP contribution in [0.3, 0.4) is 0 Å². The van der Waals surface area contributed by atoms with Crippen LogP contribution in [0, 0.1) is 6.92 Å². The molecule has 2 nitrogen and oxygen atoms in total. The normalized spacial score (nSPS) is 15.0. The third kappa shape index (κ3) is 2.71. The number of fused-ring (bicyclic) bond motifs is 3. The molecule has 2 heteroatoms. The van der Waals surface area contributed by atoms with E-state index in [9.17, 15) is 0 Å². The van der Waals surface area contributed by atoms with Gasteiger partial charge >= 0.3 is 0 Å². The van der Waals surface area contributed by atoms with Gasteiger partial charge < -0.3 is 9.32 Å². The molecule has 1 aromatic heterocycles. The molecular formula is C25H25NO. The molecule has 1 fully saturated rings. The smallest absolute Gasteiger partial charge is 0.159 e. The summed E-state index contributed by atoms with van der Waals surface area (Å²) in [5.74, 6) is 0.646. The van der Waals surface area contributed by atoms with E-state index in [-0.39, 0.29) is 0 Å². The van der Waals surface area contributed by atoms with Gasteiger partial charge in [-0.05, 0) is 49.4 Å². The maximum absolute atomic E-state index is 6.55. The maximum atomic E-state index is 6.55. The van der Waals surface area contributed by atoms with Crippen LogP contribution in [0.25, 0.3) is 21.9 Å². The van der Waals surface area contributed by atoms with Crippen LogP contribution in [0.1, 0.15) is 42.7 Å². The van der Waals surface area contributed by atoms with Crippen molar-refractivity contribution in [2.45, 2.75) is 38.5 Å². The Kier molecular flexibility index (Phi) is 3.93. The van der Waals surface area contributed by atoms with E-state index in [1.54, 1.807) is 0 Å². The lowest BCUT2D eigenvalue weighted by atomic mass is 9.95. The molecule has 0 N–H and O–H groups in total. The summed E-state index contributed by atoms with van der Waals surface area (Å²) in [5.41, 5.74) is 7.03. The Hall–Kier alpha value is -2.74. The summed E-state index contributed by atoms with van der Waals surface area (Å²) in [6.07, 6.45) is 5.24. The van der Waals surface area contributed by atoms with E-state index in [0.29, 0.717) is 5.92 Å². The lowest BCUT2D eigenvalue weighted by Gasteiger charge is -2.19. The molecule has 5 rings (SSSR count). The van der Waals surface area contributed by atoms with Gasteiger partial charge in [0.05, 0.1) is 5.69 Å². The summed E-state index contributed by atoms with van der Waals surface area (Å²) in [5, 5.41) is 2.45. The van der Waals surface area contributed by atoms with Gasteiger partial charge in [0.25, 0.3) is 0 Å². The molecule has 0 spiro atoms. The van der Waals surface area contributed by atoms with Crippen molar-refractivity contribution in [3.05, 3.63) is 71.8 Å². The molecule has 1 aliphatic carbocycles. The maximum Gasteiger partial charge on any atom is 0.159 e. The van der Waals surface area contributed by atoms with Gasteiger partial charge in [-0.3, -0.25) is 0 Å². The zero-order valence-corrected chi connectivity index (χ0v) is 16.0. The molecule has 0 bridgehead atoms. The highest BCUT2D eigenvalue weighted by Gasteiger charge is 2.22. The Morgan fingerprint density at radius 2 is 1.48 bits per heavy atom. The molecule has 1 saturated carbocycles. The first-order valence-corrected chi connectivity index (χ1v) is 9.97. The van der Waals surface area contributed by atoms with Gasteiger partial charge in [-0.15, -0.1) is 0 Å². The number of anilines is 2. The molecule has 27 heavy (non-hydrogen) atoms. The molecular weight excluding hydrogens is 330 g/mol. The van der Waals surface area contributed by atoms with Crippen molar-refractivity contribution in [1.29, 1.82) is 0 Å². The van der Waals surface area contributed by atoms with E-state index in [2.05, 4.69) is 79.5 Å².